The highest BCUT2D eigenvalue weighted by Gasteiger charge is 2.51. The van der Waals surface area contributed by atoms with Crippen molar-refractivity contribution in [2.24, 2.45) is 5.73 Å². The highest BCUT2D eigenvalue weighted by atomic mass is 79.9. The van der Waals surface area contributed by atoms with Gasteiger partial charge in [-0.3, -0.25) is 19.8 Å². The fourth-order valence-electron chi connectivity index (χ4n) is 2.60. The molecule has 2 N–H and O–H groups in total. The lowest BCUT2D eigenvalue weighted by Crippen LogP contribution is -2.68. The van der Waals surface area contributed by atoms with E-state index < -0.39 is 16.9 Å². The summed E-state index contributed by atoms with van der Waals surface area (Å²) in [4.78, 5) is 36.1. The van der Waals surface area contributed by atoms with E-state index in [4.69, 9.17) is 10.5 Å². The molecule has 0 aromatic heterocycles. The number of non-ortho nitro benzene ring substituents is 1. The van der Waals surface area contributed by atoms with Gasteiger partial charge in [-0.25, -0.2) is 4.79 Å². The molecule has 1 aromatic carbocycles. The van der Waals surface area contributed by atoms with E-state index in [0.717, 1.165) is 5.57 Å². The molecule has 10 heteroatoms. The van der Waals surface area contributed by atoms with E-state index in [9.17, 15) is 19.7 Å². The molecule has 0 bridgehead atoms. The lowest BCUT2D eigenvalue weighted by atomic mass is 10.0. The average Bonchev–Trinajstić information content (AvgIpc) is 2.64. The highest BCUT2D eigenvalue weighted by Crippen LogP contribution is 2.40. The van der Waals surface area contributed by atoms with E-state index in [-0.39, 0.29) is 29.3 Å². The van der Waals surface area contributed by atoms with Gasteiger partial charge in [0.05, 0.1) is 4.92 Å². The molecule has 1 aromatic rings. The summed E-state index contributed by atoms with van der Waals surface area (Å²) in [5.41, 5.74) is 7.38. The number of nitro benzene ring substituents is 1. The summed E-state index contributed by atoms with van der Waals surface area (Å²) in [6, 6.07) is 5.14. The monoisotopic (exact) mass is 427 g/mol. The van der Waals surface area contributed by atoms with Gasteiger partial charge in [-0.05, 0) is 23.3 Å². The number of ether oxygens (including phenoxy) is 1. The van der Waals surface area contributed by atoms with Crippen LogP contribution in [-0.4, -0.2) is 44.2 Å². The number of rotatable bonds is 5. The number of thioether (sulfide) groups is 1. The van der Waals surface area contributed by atoms with E-state index in [1.807, 2.05) is 0 Å². The highest BCUT2D eigenvalue weighted by molar-refractivity contribution is 9.09. The number of halogens is 1. The van der Waals surface area contributed by atoms with Gasteiger partial charge >= 0.3 is 5.97 Å². The zero-order valence-electron chi connectivity index (χ0n) is 12.9. The first-order valence-electron chi connectivity index (χ1n) is 7.32. The molecular formula is C15H14BrN3O5S. The number of nitrogens with zero attached hydrogens (tertiary/aromatic N) is 2. The van der Waals surface area contributed by atoms with E-state index in [0.29, 0.717) is 16.6 Å². The Bertz CT molecular complexity index is 767. The van der Waals surface area contributed by atoms with Gasteiger partial charge in [-0.1, -0.05) is 15.9 Å². The summed E-state index contributed by atoms with van der Waals surface area (Å²) in [7, 11) is 0. The molecule has 132 valence electrons. The van der Waals surface area contributed by atoms with Crippen LogP contribution in [0.15, 0.2) is 35.5 Å². The lowest BCUT2D eigenvalue weighted by molar-refractivity contribution is -0.384. The average molecular weight is 428 g/mol. The molecule has 2 atom stereocenters. The van der Waals surface area contributed by atoms with Crippen LogP contribution in [0, 0.1) is 10.1 Å². The van der Waals surface area contributed by atoms with Gasteiger partial charge in [-0.2, -0.15) is 0 Å². The van der Waals surface area contributed by atoms with Gasteiger partial charge in [0.25, 0.3) is 5.69 Å². The van der Waals surface area contributed by atoms with Gasteiger partial charge < -0.3 is 10.5 Å². The third-order valence-electron chi connectivity index (χ3n) is 3.96. The third kappa shape index (κ3) is 3.29. The van der Waals surface area contributed by atoms with Crippen molar-refractivity contribution < 1.29 is 19.2 Å². The first kappa shape index (κ1) is 17.9. The lowest BCUT2D eigenvalue weighted by Gasteiger charge is -2.48. The molecule has 0 aliphatic carbocycles. The molecule has 0 radical (unpaired) electrons. The van der Waals surface area contributed by atoms with Crippen LogP contribution >= 0.6 is 27.7 Å². The summed E-state index contributed by atoms with van der Waals surface area (Å²) in [6.07, 6.45) is 0. The van der Waals surface area contributed by atoms with Crippen LogP contribution in [0.5, 0.6) is 0 Å². The molecule has 0 spiro atoms. The number of hydrogen-bond donors (Lipinski definition) is 1. The van der Waals surface area contributed by atoms with Gasteiger partial charge in [0.1, 0.15) is 23.7 Å². The van der Waals surface area contributed by atoms with Crippen molar-refractivity contribution in [3.63, 3.8) is 0 Å². The van der Waals surface area contributed by atoms with Gasteiger partial charge in [0.15, 0.2) is 0 Å². The van der Waals surface area contributed by atoms with Crippen LogP contribution in [0.25, 0.3) is 0 Å². The summed E-state index contributed by atoms with van der Waals surface area (Å²) in [6.45, 7) is -0.0399. The quantitative estimate of drug-likeness (QED) is 0.249. The standard InChI is InChI=1S/C15H14BrN3O5S/c16-5-9-7-25-14-11(17)13(20)18(14)12(9)15(21)24-6-8-1-3-10(4-2-8)19(22)23/h1-4,11,14H,5-7,17H2/t11-,14-/m1/s1. The van der Waals surface area contributed by atoms with Crippen molar-refractivity contribution in [3.05, 3.63) is 51.2 Å². The van der Waals surface area contributed by atoms with E-state index in [1.54, 1.807) is 0 Å². The normalized spacial score (nSPS) is 22.3. The fraction of sp³-hybridized carbons (Fsp3) is 0.333. The Morgan fingerprint density at radius 2 is 2.12 bits per heavy atom. The van der Waals surface area contributed by atoms with Crippen LogP contribution < -0.4 is 5.73 Å². The van der Waals surface area contributed by atoms with Crippen molar-refractivity contribution in [1.29, 1.82) is 0 Å². The van der Waals surface area contributed by atoms with Gasteiger partial charge in [0, 0.05) is 23.2 Å². The first-order chi connectivity index (χ1) is 11.9. The molecule has 8 nitrogen and oxygen atoms in total. The van der Waals surface area contributed by atoms with Crippen LogP contribution in [0.2, 0.25) is 0 Å². The van der Waals surface area contributed by atoms with Crippen molar-refractivity contribution in [2.45, 2.75) is 18.0 Å². The van der Waals surface area contributed by atoms with Crippen LogP contribution in [0.3, 0.4) is 0 Å². The molecular weight excluding hydrogens is 414 g/mol. The zero-order valence-corrected chi connectivity index (χ0v) is 15.3. The summed E-state index contributed by atoms with van der Waals surface area (Å²) in [5, 5.41) is 10.9. The number of esters is 1. The Morgan fingerprint density at radius 1 is 1.44 bits per heavy atom. The number of amides is 1. The van der Waals surface area contributed by atoms with Crippen molar-refractivity contribution >= 4 is 45.3 Å². The summed E-state index contributed by atoms with van der Waals surface area (Å²) < 4.78 is 5.30. The van der Waals surface area contributed by atoms with Crippen molar-refractivity contribution in [3.8, 4) is 0 Å². The minimum Gasteiger partial charge on any atom is -0.456 e. The molecule has 2 aliphatic rings. The number of alkyl halides is 1. The Balaban J connectivity index is 1.72. The maximum absolute atomic E-state index is 12.5. The van der Waals surface area contributed by atoms with Crippen LogP contribution in [-0.2, 0) is 20.9 Å². The maximum atomic E-state index is 12.5. The second kappa shape index (κ2) is 7.14. The number of nitrogens with two attached hydrogens (primary N) is 1. The topological polar surface area (TPSA) is 116 Å². The van der Waals surface area contributed by atoms with E-state index >= 15 is 0 Å². The number of carbonyl (C=O) groups excluding carboxylic acids is 2. The number of β-lactam (4-membered cyclic amide) rings is 1. The Kier molecular flexibility index (Phi) is 5.11. The second-order valence-electron chi connectivity index (χ2n) is 5.52. The number of hydrogen-bond acceptors (Lipinski definition) is 7. The minimum atomic E-state index is -0.599. The number of fused-ring (bicyclic) bond motifs is 1. The number of nitro groups is 1. The molecule has 3 rings (SSSR count). The Morgan fingerprint density at radius 3 is 2.72 bits per heavy atom. The largest absolute Gasteiger partial charge is 0.456 e. The second-order valence-corrected chi connectivity index (χ2v) is 7.19. The number of carbonyl (C=O) groups is 2. The molecule has 2 heterocycles. The van der Waals surface area contributed by atoms with Gasteiger partial charge in [0.2, 0.25) is 5.91 Å². The molecule has 1 saturated heterocycles. The SMILES string of the molecule is N[C@@H]1C(=O)N2C(C(=O)OCc3ccc([N+](=O)[O-])cc3)=C(CBr)CS[C@H]12. The van der Waals surface area contributed by atoms with Crippen LogP contribution in [0.4, 0.5) is 5.69 Å². The Hall–Kier alpha value is -1.91. The van der Waals surface area contributed by atoms with Crippen molar-refractivity contribution in [2.75, 3.05) is 11.1 Å². The molecule has 0 saturated carbocycles. The molecule has 2 aliphatic heterocycles. The zero-order chi connectivity index (χ0) is 18.1. The summed E-state index contributed by atoms with van der Waals surface area (Å²) >= 11 is 4.85. The van der Waals surface area contributed by atoms with Crippen LogP contribution in [0.1, 0.15) is 5.56 Å². The van der Waals surface area contributed by atoms with E-state index in [2.05, 4.69) is 15.9 Å². The molecule has 1 amide bonds. The predicted octanol–water partition coefficient (Wildman–Crippen LogP) is 1.53. The molecule has 25 heavy (non-hydrogen) atoms. The smallest absolute Gasteiger partial charge is 0.355 e. The predicted molar refractivity (Wildman–Crippen MR) is 94.8 cm³/mol. The fourth-order valence-corrected chi connectivity index (χ4v) is 4.62. The van der Waals surface area contributed by atoms with E-state index in [1.165, 1.54) is 40.9 Å². The third-order valence-corrected chi connectivity index (χ3v) is 6.00. The molecule has 1 fully saturated rings. The Labute approximate surface area is 155 Å². The minimum absolute atomic E-state index is 0.0355. The van der Waals surface area contributed by atoms with Crippen molar-refractivity contribution in [1.82, 2.24) is 4.90 Å². The summed E-state index contributed by atoms with van der Waals surface area (Å²) in [5.74, 6) is -0.300. The van der Waals surface area contributed by atoms with Gasteiger partial charge in [-0.15, -0.1) is 11.8 Å². The molecule has 0 unspecified atom stereocenters. The maximum Gasteiger partial charge on any atom is 0.355 e. The number of benzene rings is 1. The first-order valence-corrected chi connectivity index (χ1v) is 9.49.